The Bertz CT molecular complexity index is 715. The highest BCUT2D eigenvalue weighted by molar-refractivity contribution is 6.32. The van der Waals surface area contributed by atoms with Gasteiger partial charge >= 0.3 is 11.9 Å². The molecule has 130 valence electrons. The summed E-state index contributed by atoms with van der Waals surface area (Å²) in [6.45, 7) is 4.96. The van der Waals surface area contributed by atoms with Crippen LogP contribution < -0.4 is 5.32 Å². The molecule has 1 amide bonds. The van der Waals surface area contributed by atoms with E-state index in [1.807, 2.05) is 0 Å². The van der Waals surface area contributed by atoms with E-state index in [2.05, 4.69) is 5.32 Å². The molecule has 8 heteroatoms. The summed E-state index contributed by atoms with van der Waals surface area (Å²) in [6, 6.07) is 0.0916. The first-order chi connectivity index (χ1) is 11.1. The van der Waals surface area contributed by atoms with Crippen LogP contribution in [0.25, 0.3) is 0 Å². The Kier molecular flexibility index (Phi) is 5.03. The Balaban J connectivity index is 2.44. The molecule has 7 nitrogen and oxygen atoms in total. The Labute approximate surface area is 143 Å². The standard InChI is InChI=1S/C16H18ClNO6/c1-6(2)12(15(21)22)18-14(20)9-5-10(17)8-4-7(3)24-16(23)11(8)13(9)19/h5-7,12,19H,4H2,1-3H3,(H,18,20)(H,21,22)/t7-,12?/m1/s1. The number of ether oxygens (including phenoxy) is 1. The van der Waals surface area contributed by atoms with Crippen molar-refractivity contribution in [3.8, 4) is 5.75 Å². The molecule has 0 radical (unpaired) electrons. The summed E-state index contributed by atoms with van der Waals surface area (Å²) in [6.07, 6.45) is -0.0713. The lowest BCUT2D eigenvalue weighted by molar-refractivity contribution is -0.140. The number of cyclic esters (lactones) is 1. The van der Waals surface area contributed by atoms with Crippen LogP contribution in [0.1, 0.15) is 47.1 Å². The van der Waals surface area contributed by atoms with E-state index in [0.29, 0.717) is 12.0 Å². The Hall–Kier alpha value is -2.28. The van der Waals surface area contributed by atoms with Gasteiger partial charge in [-0.2, -0.15) is 0 Å². The Morgan fingerprint density at radius 2 is 2.04 bits per heavy atom. The number of carbonyl (C=O) groups excluding carboxylic acids is 2. The zero-order valence-corrected chi connectivity index (χ0v) is 14.2. The third-order valence-corrected chi connectivity index (χ3v) is 4.16. The molecule has 1 aliphatic rings. The molecule has 0 aliphatic carbocycles. The fourth-order valence-electron chi connectivity index (χ4n) is 2.58. The number of carbonyl (C=O) groups is 3. The van der Waals surface area contributed by atoms with Gasteiger partial charge in [0.1, 0.15) is 23.5 Å². The van der Waals surface area contributed by atoms with Gasteiger partial charge < -0.3 is 20.3 Å². The molecule has 24 heavy (non-hydrogen) atoms. The molecular formula is C16H18ClNO6. The SMILES string of the molecule is CC(C)C(NC(=O)c1cc(Cl)c2c(c1O)C(=O)O[C@H](C)C2)C(=O)O. The van der Waals surface area contributed by atoms with Crippen LogP contribution in [-0.4, -0.2) is 40.2 Å². The van der Waals surface area contributed by atoms with Gasteiger partial charge in [-0.25, -0.2) is 9.59 Å². The van der Waals surface area contributed by atoms with Crippen LogP contribution in [-0.2, 0) is 16.0 Å². The number of aliphatic carboxylic acids is 1. The van der Waals surface area contributed by atoms with Gasteiger partial charge in [-0.15, -0.1) is 0 Å². The van der Waals surface area contributed by atoms with Crippen molar-refractivity contribution in [2.75, 3.05) is 0 Å². The number of hydrogen-bond acceptors (Lipinski definition) is 5. The molecule has 0 fully saturated rings. The number of hydrogen-bond donors (Lipinski definition) is 3. The van der Waals surface area contributed by atoms with E-state index in [0.717, 1.165) is 0 Å². The quantitative estimate of drug-likeness (QED) is 0.712. The van der Waals surface area contributed by atoms with Crippen LogP contribution in [0, 0.1) is 5.92 Å². The van der Waals surface area contributed by atoms with Gasteiger partial charge in [0.15, 0.2) is 0 Å². The van der Waals surface area contributed by atoms with Gasteiger partial charge in [0.05, 0.1) is 5.56 Å². The van der Waals surface area contributed by atoms with Crippen molar-refractivity contribution in [2.24, 2.45) is 5.92 Å². The van der Waals surface area contributed by atoms with Gasteiger partial charge in [0.2, 0.25) is 0 Å². The van der Waals surface area contributed by atoms with E-state index in [9.17, 15) is 19.5 Å². The predicted molar refractivity (Wildman–Crippen MR) is 85.4 cm³/mol. The first-order valence-electron chi connectivity index (χ1n) is 7.42. The van der Waals surface area contributed by atoms with E-state index >= 15 is 0 Å². The second-order valence-electron chi connectivity index (χ2n) is 6.06. The lowest BCUT2D eigenvalue weighted by Gasteiger charge is -2.25. The zero-order valence-electron chi connectivity index (χ0n) is 13.4. The number of nitrogens with one attached hydrogen (secondary N) is 1. The molecule has 3 N–H and O–H groups in total. The van der Waals surface area contributed by atoms with Crippen molar-refractivity contribution in [3.05, 3.63) is 27.8 Å². The van der Waals surface area contributed by atoms with Gasteiger partial charge in [0.25, 0.3) is 5.91 Å². The molecule has 1 aliphatic heterocycles. The maximum Gasteiger partial charge on any atom is 0.342 e. The summed E-state index contributed by atoms with van der Waals surface area (Å²) in [5, 5.41) is 21.9. The number of phenols is 1. The topological polar surface area (TPSA) is 113 Å². The molecule has 0 aromatic heterocycles. The minimum atomic E-state index is -1.20. The van der Waals surface area contributed by atoms with E-state index in [1.165, 1.54) is 6.07 Å². The van der Waals surface area contributed by atoms with Crippen LogP contribution in [0.4, 0.5) is 0 Å². The first-order valence-corrected chi connectivity index (χ1v) is 7.80. The van der Waals surface area contributed by atoms with Gasteiger partial charge in [-0.1, -0.05) is 25.4 Å². The van der Waals surface area contributed by atoms with Crippen molar-refractivity contribution < 1.29 is 29.3 Å². The number of fused-ring (bicyclic) bond motifs is 1. The molecule has 0 saturated heterocycles. The number of rotatable bonds is 4. The Morgan fingerprint density at radius 3 is 2.58 bits per heavy atom. The molecule has 1 aromatic carbocycles. The fraction of sp³-hybridized carbons (Fsp3) is 0.438. The highest BCUT2D eigenvalue weighted by atomic mass is 35.5. The molecule has 2 atom stereocenters. The van der Waals surface area contributed by atoms with Crippen LogP contribution in [0.5, 0.6) is 5.75 Å². The minimum absolute atomic E-state index is 0.146. The van der Waals surface area contributed by atoms with Crippen molar-refractivity contribution in [2.45, 2.75) is 39.3 Å². The van der Waals surface area contributed by atoms with Crippen LogP contribution >= 0.6 is 11.6 Å². The van der Waals surface area contributed by atoms with E-state index in [1.54, 1.807) is 20.8 Å². The fourth-order valence-corrected chi connectivity index (χ4v) is 2.86. The third kappa shape index (κ3) is 3.31. The summed E-state index contributed by atoms with van der Waals surface area (Å²) in [5.41, 5.74) is -0.00700. The summed E-state index contributed by atoms with van der Waals surface area (Å²) in [7, 11) is 0. The molecule has 1 unspecified atom stereocenters. The number of halogens is 1. The van der Waals surface area contributed by atoms with E-state index in [4.69, 9.17) is 21.4 Å². The molecule has 0 spiro atoms. The molecule has 1 heterocycles. The maximum atomic E-state index is 12.3. The molecule has 0 bridgehead atoms. The van der Waals surface area contributed by atoms with Crippen molar-refractivity contribution >= 4 is 29.4 Å². The third-order valence-electron chi connectivity index (χ3n) is 3.82. The number of aromatic hydroxyl groups is 1. The molecule has 2 rings (SSSR count). The smallest absolute Gasteiger partial charge is 0.342 e. The van der Waals surface area contributed by atoms with Crippen LogP contribution in [0.3, 0.4) is 0 Å². The van der Waals surface area contributed by atoms with Gasteiger partial charge in [-0.3, -0.25) is 4.79 Å². The normalized spacial score (nSPS) is 17.9. The predicted octanol–water partition coefficient (Wildman–Crippen LogP) is 1.99. The largest absolute Gasteiger partial charge is 0.506 e. The molecular weight excluding hydrogens is 338 g/mol. The number of benzene rings is 1. The maximum absolute atomic E-state index is 12.3. The van der Waals surface area contributed by atoms with Crippen LogP contribution in [0.2, 0.25) is 5.02 Å². The second kappa shape index (κ2) is 6.68. The number of esters is 1. The first kappa shape index (κ1) is 18.1. The van der Waals surface area contributed by atoms with Crippen molar-refractivity contribution in [1.29, 1.82) is 0 Å². The summed E-state index contributed by atoms with van der Waals surface area (Å²) in [5.74, 6) is -3.72. The number of phenolic OH excluding ortho intramolecular Hbond substituents is 1. The monoisotopic (exact) mass is 355 g/mol. The average Bonchev–Trinajstić information content (AvgIpc) is 2.46. The summed E-state index contributed by atoms with van der Waals surface area (Å²) >= 11 is 6.14. The lowest BCUT2D eigenvalue weighted by Crippen LogP contribution is -2.44. The molecule has 1 aromatic rings. The van der Waals surface area contributed by atoms with Gasteiger partial charge in [-0.05, 0) is 24.5 Å². The summed E-state index contributed by atoms with van der Waals surface area (Å²) < 4.78 is 5.06. The average molecular weight is 356 g/mol. The summed E-state index contributed by atoms with van der Waals surface area (Å²) in [4.78, 5) is 35.6. The Morgan fingerprint density at radius 1 is 1.42 bits per heavy atom. The van der Waals surface area contributed by atoms with Crippen molar-refractivity contribution in [1.82, 2.24) is 5.32 Å². The highest BCUT2D eigenvalue weighted by Crippen LogP contribution is 2.36. The number of carboxylic acid groups (broad SMARTS) is 1. The van der Waals surface area contributed by atoms with Crippen molar-refractivity contribution in [3.63, 3.8) is 0 Å². The number of amides is 1. The van der Waals surface area contributed by atoms with E-state index in [-0.39, 0.29) is 28.2 Å². The highest BCUT2D eigenvalue weighted by Gasteiger charge is 2.33. The van der Waals surface area contributed by atoms with E-state index < -0.39 is 29.6 Å². The lowest BCUT2D eigenvalue weighted by atomic mass is 9.95. The zero-order chi connectivity index (χ0) is 18.2. The molecule has 0 saturated carbocycles. The minimum Gasteiger partial charge on any atom is -0.506 e. The van der Waals surface area contributed by atoms with Crippen LogP contribution in [0.15, 0.2) is 6.07 Å². The van der Waals surface area contributed by atoms with Gasteiger partial charge in [0, 0.05) is 11.4 Å². The number of carboxylic acids is 1. The second-order valence-corrected chi connectivity index (χ2v) is 6.47.